The topological polar surface area (TPSA) is 84.0 Å². The molecule has 0 fully saturated rings. The summed E-state index contributed by atoms with van der Waals surface area (Å²) >= 11 is 5.12. The normalized spacial score (nSPS) is 10.8. The van der Waals surface area contributed by atoms with E-state index in [0.717, 1.165) is 27.9 Å². The van der Waals surface area contributed by atoms with Crippen LogP contribution in [0, 0.1) is 20.8 Å². The number of hydrogen-bond acceptors (Lipinski definition) is 5. The molecule has 0 radical (unpaired) electrons. The number of aryl methyl sites for hydroxylation is 3. The van der Waals surface area contributed by atoms with E-state index >= 15 is 0 Å². The second-order valence-electron chi connectivity index (χ2n) is 7.52. The lowest BCUT2D eigenvalue weighted by Gasteiger charge is -2.14. The number of hydrazone groups is 1. The van der Waals surface area contributed by atoms with Crippen LogP contribution in [-0.4, -0.2) is 37.0 Å². The Morgan fingerprint density at radius 3 is 2.42 bits per heavy atom. The molecule has 0 heterocycles. The van der Waals surface area contributed by atoms with Crippen molar-refractivity contribution in [2.45, 2.75) is 40.7 Å². The average Bonchev–Trinajstić information content (AvgIpc) is 2.68. The summed E-state index contributed by atoms with van der Waals surface area (Å²) in [5.74, 6) is 0.734. The third-order valence-electron chi connectivity index (χ3n) is 4.29. The number of nitrogens with zero attached hydrogens (tertiary/aromatic N) is 1. The highest BCUT2D eigenvalue weighted by Gasteiger charge is 2.11. The SMILES string of the molecule is COc1cc(/C=N\NC(=S)NC(C)C)ccc1OCC(=O)Nc1c(C)cc(C)cc1C. The maximum atomic E-state index is 12.4. The fraction of sp³-hybridized carbons (Fsp3) is 0.348. The third kappa shape index (κ3) is 7.57. The zero-order valence-corrected chi connectivity index (χ0v) is 19.6. The molecule has 0 aliphatic carbocycles. The predicted molar refractivity (Wildman–Crippen MR) is 129 cm³/mol. The van der Waals surface area contributed by atoms with Gasteiger partial charge in [-0.3, -0.25) is 10.2 Å². The highest BCUT2D eigenvalue weighted by molar-refractivity contribution is 7.80. The average molecular weight is 443 g/mol. The lowest BCUT2D eigenvalue weighted by Crippen LogP contribution is -2.36. The third-order valence-corrected chi connectivity index (χ3v) is 4.50. The maximum absolute atomic E-state index is 12.4. The van der Waals surface area contributed by atoms with Crippen molar-refractivity contribution in [2.75, 3.05) is 19.0 Å². The van der Waals surface area contributed by atoms with Crippen LogP contribution in [0.25, 0.3) is 0 Å². The van der Waals surface area contributed by atoms with Crippen LogP contribution >= 0.6 is 12.2 Å². The van der Waals surface area contributed by atoms with Crippen molar-refractivity contribution in [2.24, 2.45) is 5.10 Å². The zero-order valence-electron chi connectivity index (χ0n) is 18.8. The van der Waals surface area contributed by atoms with Crippen LogP contribution in [0.2, 0.25) is 0 Å². The van der Waals surface area contributed by atoms with Crippen LogP contribution in [0.5, 0.6) is 11.5 Å². The van der Waals surface area contributed by atoms with Gasteiger partial charge in [-0.05, 0) is 81.7 Å². The van der Waals surface area contributed by atoms with Crippen molar-refractivity contribution < 1.29 is 14.3 Å². The molecule has 1 amide bonds. The highest BCUT2D eigenvalue weighted by atomic mass is 32.1. The summed E-state index contributed by atoms with van der Waals surface area (Å²) in [5, 5.41) is 10.5. The summed E-state index contributed by atoms with van der Waals surface area (Å²) in [7, 11) is 1.54. The molecule has 166 valence electrons. The Labute approximate surface area is 189 Å². The molecule has 0 unspecified atom stereocenters. The number of nitrogens with one attached hydrogen (secondary N) is 3. The zero-order chi connectivity index (χ0) is 23.0. The van der Waals surface area contributed by atoms with Gasteiger partial charge in [0.25, 0.3) is 5.91 Å². The Morgan fingerprint density at radius 1 is 1.13 bits per heavy atom. The van der Waals surface area contributed by atoms with Crippen molar-refractivity contribution in [3.8, 4) is 11.5 Å². The predicted octanol–water partition coefficient (Wildman–Crippen LogP) is 3.84. The first-order valence-electron chi connectivity index (χ1n) is 9.97. The summed E-state index contributed by atoms with van der Waals surface area (Å²) in [6.07, 6.45) is 1.62. The first-order chi connectivity index (χ1) is 14.7. The molecular weight excluding hydrogens is 412 g/mol. The quantitative estimate of drug-likeness (QED) is 0.327. The standard InChI is InChI=1S/C23H30N4O3S/c1-14(2)25-23(31)27-24-12-18-7-8-19(20(11-18)29-6)30-13-21(28)26-22-16(4)9-15(3)10-17(22)5/h7-12,14H,13H2,1-6H3,(H,26,28)(H2,25,27,31)/b24-12-. The fourth-order valence-electron chi connectivity index (χ4n) is 3.04. The van der Waals surface area contributed by atoms with E-state index in [1.54, 1.807) is 25.5 Å². The minimum absolute atomic E-state index is 0.132. The molecule has 0 aliphatic heterocycles. The number of hydrogen-bond donors (Lipinski definition) is 3. The van der Waals surface area contributed by atoms with Gasteiger partial charge in [0.05, 0.1) is 13.3 Å². The van der Waals surface area contributed by atoms with Gasteiger partial charge in [0.15, 0.2) is 23.2 Å². The van der Waals surface area contributed by atoms with E-state index in [0.29, 0.717) is 16.6 Å². The first-order valence-corrected chi connectivity index (χ1v) is 10.4. The second kappa shape index (κ2) is 11.3. The van der Waals surface area contributed by atoms with Crippen LogP contribution in [0.3, 0.4) is 0 Å². The minimum atomic E-state index is -0.238. The summed E-state index contributed by atoms with van der Waals surface area (Å²) in [6, 6.07) is 9.61. The van der Waals surface area contributed by atoms with Gasteiger partial charge in [0, 0.05) is 11.7 Å². The Bertz CT molecular complexity index is 950. The molecule has 8 heteroatoms. The van der Waals surface area contributed by atoms with Crippen LogP contribution in [-0.2, 0) is 4.79 Å². The molecule has 2 rings (SSSR count). The van der Waals surface area contributed by atoms with Gasteiger partial charge in [-0.25, -0.2) is 0 Å². The lowest BCUT2D eigenvalue weighted by molar-refractivity contribution is -0.118. The van der Waals surface area contributed by atoms with Gasteiger partial charge in [-0.15, -0.1) is 0 Å². The Balaban J connectivity index is 1.98. The minimum Gasteiger partial charge on any atom is -0.493 e. The summed E-state index contributed by atoms with van der Waals surface area (Å²) in [5.41, 5.74) is 7.55. The van der Waals surface area contributed by atoms with E-state index in [1.807, 2.05) is 52.8 Å². The number of thiocarbonyl (C=S) groups is 1. The molecule has 0 saturated carbocycles. The van der Waals surface area contributed by atoms with Crippen molar-refractivity contribution >= 4 is 35.1 Å². The van der Waals surface area contributed by atoms with Gasteiger partial charge < -0.3 is 20.1 Å². The Kier molecular flexibility index (Phi) is 8.81. The summed E-state index contributed by atoms with van der Waals surface area (Å²) < 4.78 is 11.1. The van der Waals surface area contributed by atoms with Gasteiger partial charge in [-0.1, -0.05) is 17.7 Å². The van der Waals surface area contributed by atoms with E-state index in [4.69, 9.17) is 21.7 Å². The first kappa shape index (κ1) is 24.1. The molecule has 0 aliphatic rings. The highest BCUT2D eigenvalue weighted by Crippen LogP contribution is 2.28. The molecule has 0 atom stereocenters. The van der Waals surface area contributed by atoms with E-state index in [1.165, 1.54) is 0 Å². The van der Waals surface area contributed by atoms with E-state index in [9.17, 15) is 4.79 Å². The molecule has 2 aromatic rings. The van der Waals surface area contributed by atoms with Crippen LogP contribution in [0.15, 0.2) is 35.4 Å². The second-order valence-corrected chi connectivity index (χ2v) is 7.93. The molecule has 0 bridgehead atoms. The number of rotatable bonds is 8. The molecule has 2 aromatic carbocycles. The molecule has 7 nitrogen and oxygen atoms in total. The number of ether oxygens (including phenoxy) is 2. The Hall–Kier alpha value is -3.13. The molecular formula is C23H30N4O3S. The molecule has 3 N–H and O–H groups in total. The number of amides is 1. The van der Waals surface area contributed by atoms with Gasteiger partial charge in [0.1, 0.15) is 0 Å². The molecule has 31 heavy (non-hydrogen) atoms. The van der Waals surface area contributed by atoms with Crippen LogP contribution < -0.4 is 25.5 Å². The smallest absolute Gasteiger partial charge is 0.262 e. The summed E-state index contributed by atoms with van der Waals surface area (Å²) in [6.45, 7) is 9.82. The number of benzene rings is 2. The lowest BCUT2D eigenvalue weighted by atomic mass is 10.1. The maximum Gasteiger partial charge on any atom is 0.262 e. The van der Waals surface area contributed by atoms with Crippen LogP contribution in [0.4, 0.5) is 5.69 Å². The van der Waals surface area contributed by atoms with Gasteiger partial charge in [0.2, 0.25) is 0 Å². The molecule has 0 saturated heterocycles. The number of methoxy groups -OCH3 is 1. The number of carbonyl (C=O) groups is 1. The monoisotopic (exact) mass is 442 g/mol. The van der Waals surface area contributed by atoms with Crippen molar-refractivity contribution in [3.63, 3.8) is 0 Å². The van der Waals surface area contributed by atoms with Crippen molar-refractivity contribution in [1.29, 1.82) is 0 Å². The van der Waals surface area contributed by atoms with E-state index in [-0.39, 0.29) is 18.6 Å². The Morgan fingerprint density at radius 2 is 1.81 bits per heavy atom. The summed E-state index contributed by atoms with van der Waals surface area (Å²) in [4.78, 5) is 12.4. The number of carbonyl (C=O) groups excluding carboxylic acids is 1. The van der Waals surface area contributed by atoms with Crippen molar-refractivity contribution in [3.05, 3.63) is 52.6 Å². The molecule has 0 aromatic heterocycles. The van der Waals surface area contributed by atoms with E-state index in [2.05, 4.69) is 21.2 Å². The van der Waals surface area contributed by atoms with Crippen molar-refractivity contribution in [1.82, 2.24) is 10.7 Å². The fourth-order valence-corrected chi connectivity index (χ4v) is 3.33. The van der Waals surface area contributed by atoms with E-state index < -0.39 is 0 Å². The van der Waals surface area contributed by atoms with Gasteiger partial charge >= 0.3 is 0 Å². The number of anilines is 1. The van der Waals surface area contributed by atoms with Gasteiger partial charge in [-0.2, -0.15) is 5.10 Å². The van der Waals surface area contributed by atoms with Crippen LogP contribution in [0.1, 0.15) is 36.1 Å². The largest absolute Gasteiger partial charge is 0.493 e. The molecule has 0 spiro atoms.